The highest BCUT2D eigenvalue weighted by Gasteiger charge is 2.32. The predicted molar refractivity (Wildman–Crippen MR) is 107 cm³/mol. The van der Waals surface area contributed by atoms with Gasteiger partial charge in [-0.3, -0.25) is 9.59 Å². The highest BCUT2D eigenvalue weighted by molar-refractivity contribution is 5.89. The Balaban J connectivity index is 1.47. The lowest BCUT2D eigenvalue weighted by molar-refractivity contribution is -0.142. The molecule has 4 rings (SSSR count). The van der Waals surface area contributed by atoms with Crippen LogP contribution in [0, 0.1) is 0 Å². The molecule has 0 saturated carbocycles. The molecule has 0 radical (unpaired) electrons. The van der Waals surface area contributed by atoms with Gasteiger partial charge in [0, 0.05) is 26.1 Å². The number of hydrogen-bond acceptors (Lipinski definition) is 3. The molecule has 1 unspecified atom stereocenters. The first kappa shape index (κ1) is 18.2. The summed E-state index contributed by atoms with van der Waals surface area (Å²) in [5, 5.41) is 3.02. The van der Waals surface area contributed by atoms with E-state index >= 15 is 0 Å². The van der Waals surface area contributed by atoms with E-state index in [-0.39, 0.29) is 11.8 Å². The fraction of sp³-hybridized carbons (Fsp3) is 0.318. The van der Waals surface area contributed by atoms with Gasteiger partial charge < -0.3 is 14.8 Å². The molecule has 0 spiro atoms. The van der Waals surface area contributed by atoms with E-state index in [1.807, 2.05) is 59.2 Å². The smallest absolute Gasteiger partial charge is 0.247 e. The number of rotatable bonds is 6. The van der Waals surface area contributed by atoms with Gasteiger partial charge in [-0.25, -0.2) is 4.98 Å². The van der Waals surface area contributed by atoms with E-state index in [1.165, 1.54) is 0 Å². The van der Waals surface area contributed by atoms with Crippen LogP contribution in [0.4, 0.5) is 0 Å². The number of carbonyl (C=O) groups excluding carboxylic acids is 2. The molecule has 1 aliphatic heterocycles. The van der Waals surface area contributed by atoms with Crippen molar-refractivity contribution < 1.29 is 9.59 Å². The summed E-state index contributed by atoms with van der Waals surface area (Å²) in [5.41, 5.74) is 2.83. The Kier molecular flexibility index (Phi) is 5.37. The van der Waals surface area contributed by atoms with Crippen molar-refractivity contribution in [2.75, 3.05) is 13.1 Å². The van der Waals surface area contributed by atoms with E-state index in [1.54, 1.807) is 11.2 Å². The lowest BCUT2D eigenvalue weighted by Gasteiger charge is -2.34. The first-order valence-electron chi connectivity index (χ1n) is 9.76. The molecule has 28 heavy (non-hydrogen) atoms. The van der Waals surface area contributed by atoms with Crippen molar-refractivity contribution in [2.45, 2.75) is 31.8 Å². The Morgan fingerprint density at radius 3 is 2.68 bits per heavy atom. The van der Waals surface area contributed by atoms with Gasteiger partial charge in [0.05, 0.1) is 17.4 Å². The molecule has 1 atom stereocenters. The van der Waals surface area contributed by atoms with Gasteiger partial charge in [0.25, 0.3) is 0 Å². The lowest BCUT2D eigenvalue weighted by Crippen LogP contribution is -2.46. The van der Waals surface area contributed by atoms with Crippen LogP contribution in [0.1, 0.15) is 30.9 Å². The summed E-state index contributed by atoms with van der Waals surface area (Å²) in [5.74, 6) is -0.0817. The summed E-state index contributed by atoms with van der Waals surface area (Å²) in [6.07, 6.45) is 4.13. The van der Waals surface area contributed by atoms with Crippen LogP contribution in [-0.2, 0) is 16.1 Å². The number of para-hydroxylation sites is 2. The second-order valence-corrected chi connectivity index (χ2v) is 7.08. The van der Waals surface area contributed by atoms with E-state index < -0.39 is 6.04 Å². The summed E-state index contributed by atoms with van der Waals surface area (Å²) in [6.45, 7) is 1.73. The van der Waals surface area contributed by atoms with Crippen molar-refractivity contribution in [1.82, 2.24) is 19.8 Å². The van der Waals surface area contributed by atoms with Crippen molar-refractivity contribution in [2.24, 2.45) is 0 Å². The Bertz CT molecular complexity index is 967. The normalized spacial score (nSPS) is 15.6. The number of nitrogens with one attached hydrogen (secondary N) is 1. The van der Waals surface area contributed by atoms with Gasteiger partial charge in [-0.2, -0.15) is 0 Å². The molecule has 1 saturated heterocycles. The van der Waals surface area contributed by atoms with Gasteiger partial charge in [-0.1, -0.05) is 42.5 Å². The quantitative estimate of drug-likeness (QED) is 0.719. The number of amides is 2. The molecular weight excluding hydrogens is 352 g/mol. The van der Waals surface area contributed by atoms with Crippen LogP contribution in [0.25, 0.3) is 11.0 Å². The lowest BCUT2D eigenvalue weighted by atomic mass is 10.0. The van der Waals surface area contributed by atoms with Crippen LogP contribution >= 0.6 is 0 Å². The minimum absolute atomic E-state index is 0.0517. The van der Waals surface area contributed by atoms with Gasteiger partial charge >= 0.3 is 0 Å². The van der Waals surface area contributed by atoms with Crippen LogP contribution in [0.3, 0.4) is 0 Å². The number of piperidine rings is 1. The van der Waals surface area contributed by atoms with Crippen molar-refractivity contribution in [1.29, 1.82) is 0 Å². The molecule has 2 heterocycles. The third-order valence-corrected chi connectivity index (χ3v) is 5.21. The number of hydrogen-bond donors (Lipinski definition) is 1. The van der Waals surface area contributed by atoms with Gasteiger partial charge in [-0.15, -0.1) is 0 Å². The third-order valence-electron chi connectivity index (χ3n) is 5.21. The zero-order valence-corrected chi connectivity index (χ0v) is 15.8. The van der Waals surface area contributed by atoms with Crippen molar-refractivity contribution in [3.63, 3.8) is 0 Å². The summed E-state index contributed by atoms with van der Waals surface area (Å²) in [4.78, 5) is 31.6. The number of fused-ring (bicyclic) bond motifs is 1. The molecule has 6 nitrogen and oxygen atoms in total. The van der Waals surface area contributed by atoms with E-state index in [9.17, 15) is 9.59 Å². The molecule has 0 aliphatic carbocycles. The van der Waals surface area contributed by atoms with Crippen LogP contribution < -0.4 is 5.32 Å². The average Bonchev–Trinajstić information content (AvgIpc) is 3.14. The molecule has 2 aromatic carbocycles. The van der Waals surface area contributed by atoms with Gasteiger partial charge in [0.1, 0.15) is 6.04 Å². The fourth-order valence-corrected chi connectivity index (χ4v) is 3.79. The summed E-state index contributed by atoms with van der Waals surface area (Å²) < 4.78 is 2.03. The summed E-state index contributed by atoms with van der Waals surface area (Å²) in [6, 6.07) is 16.9. The second-order valence-electron chi connectivity index (χ2n) is 7.08. The van der Waals surface area contributed by atoms with Gasteiger partial charge in [-0.05, 0) is 30.5 Å². The molecule has 1 fully saturated rings. The number of likely N-dealkylation sites (tertiary alicyclic amines) is 1. The first-order valence-corrected chi connectivity index (χ1v) is 9.76. The largest absolute Gasteiger partial charge is 0.352 e. The van der Waals surface area contributed by atoms with Crippen LogP contribution in [0.2, 0.25) is 0 Å². The molecule has 6 heteroatoms. The van der Waals surface area contributed by atoms with E-state index in [2.05, 4.69) is 10.3 Å². The van der Waals surface area contributed by atoms with E-state index in [4.69, 9.17) is 0 Å². The number of benzene rings is 2. The number of carbonyl (C=O) groups is 2. The molecule has 144 valence electrons. The standard InChI is InChI=1S/C22H24N4O2/c27-20-12-6-7-14-26(20)21(17-8-2-1-3-9-17)22(28)23-13-15-25-16-24-18-10-4-5-11-19(18)25/h1-5,8-11,16,21H,6-7,12-15H2,(H,23,28). The number of aromatic nitrogens is 2. The highest BCUT2D eigenvalue weighted by Crippen LogP contribution is 2.25. The fourth-order valence-electron chi connectivity index (χ4n) is 3.79. The number of nitrogens with zero attached hydrogens (tertiary/aromatic N) is 3. The average molecular weight is 376 g/mol. The maximum atomic E-state index is 13.1. The van der Waals surface area contributed by atoms with E-state index in [0.29, 0.717) is 26.1 Å². The zero-order chi connectivity index (χ0) is 19.3. The van der Waals surface area contributed by atoms with Gasteiger partial charge in [0.15, 0.2) is 0 Å². The maximum Gasteiger partial charge on any atom is 0.247 e. The topological polar surface area (TPSA) is 67.2 Å². The summed E-state index contributed by atoms with van der Waals surface area (Å²) >= 11 is 0. The molecule has 1 aliphatic rings. The third kappa shape index (κ3) is 3.76. The minimum atomic E-state index is -0.575. The highest BCUT2D eigenvalue weighted by atomic mass is 16.2. The first-order chi connectivity index (χ1) is 13.7. The van der Waals surface area contributed by atoms with Crippen molar-refractivity contribution >= 4 is 22.8 Å². The molecular formula is C22H24N4O2. The molecule has 3 aromatic rings. The maximum absolute atomic E-state index is 13.1. The molecule has 0 bridgehead atoms. The second kappa shape index (κ2) is 8.25. The van der Waals surface area contributed by atoms with Crippen LogP contribution in [-0.4, -0.2) is 39.4 Å². The Labute approximate surface area is 164 Å². The number of imidazole rings is 1. The van der Waals surface area contributed by atoms with Crippen molar-refractivity contribution in [3.8, 4) is 0 Å². The zero-order valence-electron chi connectivity index (χ0n) is 15.8. The van der Waals surface area contributed by atoms with Gasteiger partial charge in [0.2, 0.25) is 11.8 Å². The van der Waals surface area contributed by atoms with Crippen LogP contribution in [0.15, 0.2) is 60.9 Å². The SMILES string of the molecule is O=C(NCCn1cnc2ccccc21)C(c1ccccc1)N1CCCCC1=O. The van der Waals surface area contributed by atoms with Crippen LogP contribution in [0.5, 0.6) is 0 Å². The summed E-state index contributed by atoms with van der Waals surface area (Å²) in [7, 11) is 0. The molecule has 2 amide bonds. The Morgan fingerprint density at radius 2 is 1.86 bits per heavy atom. The Hall–Kier alpha value is -3.15. The Morgan fingerprint density at radius 1 is 1.07 bits per heavy atom. The molecule has 1 N–H and O–H groups in total. The predicted octanol–water partition coefficient (Wildman–Crippen LogP) is 2.91. The van der Waals surface area contributed by atoms with Crippen molar-refractivity contribution in [3.05, 3.63) is 66.5 Å². The monoisotopic (exact) mass is 376 g/mol. The molecule has 1 aromatic heterocycles. The van der Waals surface area contributed by atoms with E-state index in [0.717, 1.165) is 29.4 Å². The minimum Gasteiger partial charge on any atom is -0.352 e.